The lowest BCUT2D eigenvalue weighted by atomic mass is 9.90. The normalized spacial score (nSPS) is 17.1. The first-order chi connectivity index (χ1) is 21.4. The van der Waals surface area contributed by atoms with Crippen LogP contribution in [0.4, 0.5) is 5.69 Å². The van der Waals surface area contributed by atoms with E-state index < -0.39 is 6.04 Å². The second-order valence-electron chi connectivity index (χ2n) is 11.0. The van der Waals surface area contributed by atoms with Gasteiger partial charge < -0.3 is 14.5 Å². The highest BCUT2D eigenvalue weighted by atomic mass is 32.1. The smallest absolute Gasteiger partial charge is 0.271 e. The zero-order valence-electron chi connectivity index (χ0n) is 25.7. The Morgan fingerprint density at radius 3 is 2.45 bits per heavy atom. The van der Waals surface area contributed by atoms with E-state index in [0.29, 0.717) is 51.6 Å². The van der Waals surface area contributed by atoms with Gasteiger partial charge in [0.2, 0.25) is 0 Å². The summed E-state index contributed by atoms with van der Waals surface area (Å²) in [6.07, 6.45) is 1.80. The summed E-state index contributed by atoms with van der Waals surface area (Å²) in [5.74, 6) is 0.209. The Kier molecular flexibility index (Phi) is 7.98. The van der Waals surface area contributed by atoms with Crippen LogP contribution in [-0.4, -0.2) is 48.0 Å². The van der Waals surface area contributed by atoms with Gasteiger partial charge in [-0.25, -0.2) is 4.99 Å². The maximum absolute atomic E-state index is 14.7. The Bertz CT molecular complexity index is 2020. The highest BCUT2D eigenvalue weighted by Gasteiger charge is 2.39. The molecule has 2 amide bonds. The van der Waals surface area contributed by atoms with Gasteiger partial charge in [-0.1, -0.05) is 73.2 Å². The molecule has 1 atom stereocenters. The molecule has 226 valence electrons. The summed E-state index contributed by atoms with van der Waals surface area (Å²) in [5, 5.41) is 1.84. The topological polar surface area (TPSA) is 84.2 Å². The molecule has 9 heteroatoms. The number of likely N-dealkylation sites (N-methyl/N-ethyl adjacent to an activating group) is 1. The molecule has 44 heavy (non-hydrogen) atoms. The molecule has 4 aromatic rings. The second-order valence-corrected chi connectivity index (χ2v) is 12.0. The molecule has 1 aromatic heterocycles. The van der Waals surface area contributed by atoms with Crippen LogP contribution >= 0.6 is 11.3 Å². The summed E-state index contributed by atoms with van der Waals surface area (Å²) in [5.41, 5.74) is 3.29. The number of rotatable bonds is 8. The highest BCUT2D eigenvalue weighted by Crippen LogP contribution is 2.41. The van der Waals surface area contributed by atoms with E-state index in [2.05, 4.69) is 6.92 Å². The largest absolute Gasteiger partial charge is 0.496 e. The number of nitrogens with zero attached hydrogens (tertiary/aromatic N) is 4. The molecule has 8 nitrogen and oxygen atoms in total. The number of methoxy groups -OCH3 is 1. The molecule has 0 fully saturated rings. The van der Waals surface area contributed by atoms with Crippen LogP contribution in [0.1, 0.15) is 57.7 Å². The van der Waals surface area contributed by atoms with Gasteiger partial charge in [-0.15, -0.1) is 0 Å². The number of fused-ring (bicyclic) bond motifs is 3. The predicted octanol–water partition coefficient (Wildman–Crippen LogP) is 4.78. The quantitative estimate of drug-likeness (QED) is 0.288. The number of carbonyl (C=O) groups is 2. The van der Waals surface area contributed by atoms with Crippen LogP contribution in [0.5, 0.6) is 5.75 Å². The molecule has 0 saturated carbocycles. The average molecular weight is 609 g/mol. The van der Waals surface area contributed by atoms with E-state index in [-0.39, 0.29) is 17.4 Å². The van der Waals surface area contributed by atoms with Crippen molar-refractivity contribution >= 4 is 45.2 Å². The molecule has 0 N–H and O–H groups in total. The standard InChI is InChI=1S/C35H36N4O4S/c1-6-9-20-38-25-17-13-12-16-24(25)29(33(38)41)31-34(42)39-30(28-23-15-11-10-14-22(23)18-19-26(28)43-5)27(21(4)36-35(39)44-31)32(40)37(7-2)8-3/h10-19,30H,6-9,20H2,1-5H3/b31-29-/t30-/m0/s1. The van der Waals surface area contributed by atoms with E-state index in [1.165, 1.54) is 11.3 Å². The second kappa shape index (κ2) is 11.9. The minimum Gasteiger partial charge on any atom is -0.496 e. The van der Waals surface area contributed by atoms with Gasteiger partial charge in [0.1, 0.15) is 16.3 Å². The van der Waals surface area contributed by atoms with Gasteiger partial charge in [0.25, 0.3) is 17.4 Å². The third-order valence-electron chi connectivity index (χ3n) is 8.59. The van der Waals surface area contributed by atoms with Crippen molar-refractivity contribution in [2.45, 2.75) is 46.6 Å². The minimum atomic E-state index is -0.808. The highest BCUT2D eigenvalue weighted by molar-refractivity contribution is 7.07. The number of allylic oxidation sites excluding steroid dienone is 1. The SMILES string of the molecule is CCCCN1C(=O)/C(=c2\sc3n(c2=O)[C@H](c2c(OC)ccc4ccccc24)C(C(=O)N(CC)CC)=C(C)N=3)c2ccccc21. The minimum absolute atomic E-state index is 0.179. The predicted molar refractivity (Wildman–Crippen MR) is 175 cm³/mol. The lowest BCUT2D eigenvalue weighted by molar-refractivity contribution is -0.127. The van der Waals surface area contributed by atoms with Crippen LogP contribution in [-0.2, 0) is 9.59 Å². The maximum atomic E-state index is 14.7. The summed E-state index contributed by atoms with van der Waals surface area (Å²) in [6.45, 7) is 9.39. The Labute approximate surface area is 260 Å². The van der Waals surface area contributed by atoms with Crippen molar-refractivity contribution < 1.29 is 14.3 Å². The third kappa shape index (κ3) is 4.57. The van der Waals surface area contributed by atoms with Crippen LogP contribution in [0.25, 0.3) is 16.3 Å². The van der Waals surface area contributed by atoms with Crippen molar-refractivity contribution in [2.75, 3.05) is 31.6 Å². The van der Waals surface area contributed by atoms with Gasteiger partial charge >= 0.3 is 0 Å². The molecule has 0 saturated heterocycles. The first-order valence-electron chi connectivity index (χ1n) is 15.2. The van der Waals surface area contributed by atoms with Crippen LogP contribution in [0, 0.1) is 0 Å². The maximum Gasteiger partial charge on any atom is 0.271 e. The van der Waals surface area contributed by atoms with Crippen LogP contribution in [0.2, 0.25) is 0 Å². The number of anilines is 1. The van der Waals surface area contributed by atoms with E-state index in [9.17, 15) is 14.4 Å². The van der Waals surface area contributed by atoms with Crippen LogP contribution in [0.15, 0.2) is 81.7 Å². The molecule has 3 aromatic carbocycles. The number of hydrogen-bond donors (Lipinski definition) is 0. The molecule has 0 spiro atoms. The molecule has 3 heterocycles. The number of benzene rings is 3. The van der Waals surface area contributed by atoms with Crippen molar-refractivity contribution in [3.63, 3.8) is 0 Å². The van der Waals surface area contributed by atoms with Crippen LogP contribution < -0.4 is 24.5 Å². The molecule has 0 bridgehead atoms. The number of carbonyl (C=O) groups excluding carboxylic acids is 2. The molecule has 0 unspecified atom stereocenters. The Balaban J connectivity index is 1.70. The van der Waals surface area contributed by atoms with Gasteiger partial charge in [0, 0.05) is 30.8 Å². The number of para-hydroxylation sites is 1. The first kappa shape index (κ1) is 29.6. The molecular weight excluding hydrogens is 572 g/mol. The number of thiazole rings is 1. The molecule has 2 aliphatic rings. The van der Waals surface area contributed by atoms with E-state index in [1.807, 2.05) is 81.4 Å². The lowest BCUT2D eigenvalue weighted by Gasteiger charge is -2.30. The summed E-state index contributed by atoms with van der Waals surface area (Å²) >= 11 is 1.21. The van der Waals surface area contributed by atoms with Gasteiger partial charge in [0.15, 0.2) is 4.80 Å². The van der Waals surface area contributed by atoms with E-state index in [1.54, 1.807) is 21.5 Å². The molecule has 0 aliphatic carbocycles. The zero-order valence-corrected chi connectivity index (χ0v) is 26.5. The fourth-order valence-electron chi connectivity index (χ4n) is 6.37. The number of ether oxygens (including phenoxy) is 1. The van der Waals surface area contributed by atoms with Crippen molar-refractivity contribution in [3.05, 3.63) is 103 Å². The van der Waals surface area contributed by atoms with E-state index in [4.69, 9.17) is 9.73 Å². The Morgan fingerprint density at radius 1 is 1.00 bits per heavy atom. The van der Waals surface area contributed by atoms with E-state index >= 15 is 0 Å². The lowest BCUT2D eigenvalue weighted by Crippen LogP contribution is -2.43. The number of amides is 2. The molecule has 2 aliphatic heterocycles. The Hall–Kier alpha value is -4.50. The Morgan fingerprint density at radius 2 is 1.73 bits per heavy atom. The molecular formula is C35H36N4O4S. The summed E-state index contributed by atoms with van der Waals surface area (Å²) in [6, 6.07) is 18.6. The summed E-state index contributed by atoms with van der Waals surface area (Å²) in [4.78, 5) is 51.7. The van der Waals surface area contributed by atoms with Crippen molar-refractivity contribution in [1.29, 1.82) is 0 Å². The summed E-state index contributed by atoms with van der Waals surface area (Å²) < 4.78 is 7.83. The van der Waals surface area contributed by atoms with Gasteiger partial charge in [-0.2, -0.15) is 0 Å². The first-order valence-corrected chi connectivity index (χ1v) is 16.0. The van der Waals surface area contributed by atoms with Crippen molar-refractivity contribution in [3.8, 4) is 5.75 Å². The average Bonchev–Trinajstić information content (AvgIpc) is 3.50. The molecule has 0 radical (unpaired) electrons. The van der Waals surface area contributed by atoms with Crippen molar-refractivity contribution in [1.82, 2.24) is 9.47 Å². The zero-order chi connectivity index (χ0) is 31.1. The molecule has 6 rings (SSSR count). The number of aromatic nitrogens is 1. The van der Waals surface area contributed by atoms with Gasteiger partial charge in [-0.05, 0) is 50.1 Å². The third-order valence-corrected chi connectivity index (χ3v) is 9.64. The fourth-order valence-corrected chi connectivity index (χ4v) is 7.51. The monoisotopic (exact) mass is 608 g/mol. The number of unbranched alkanes of at least 4 members (excludes halogenated alkanes) is 1. The summed E-state index contributed by atoms with van der Waals surface area (Å²) in [7, 11) is 1.60. The van der Waals surface area contributed by atoms with Crippen LogP contribution in [0.3, 0.4) is 0 Å². The van der Waals surface area contributed by atoms with Gasteiger partial charge in [-0.3, -0.25) is 19.0 Å². The fraction of sp³-hybridized carbons (Fsp3) is 0.314. The van der Waals surface area contributed by atoms with Crippen molar-refractivity contribution in [2.24, 2.45) is 4.99 Å². The number of hydrogen-bond acceptors (Lipinski definition) is 6. The van der Waals surface area contributed by atoms with Gasteiger partial charge in [0.05, 0.1) is 29.6 Å². The van der Waals surface area contributed by atoms with E-state index in [0.717, 1.165) is 40.4 Å².